The lowest BCUT2D eigenvalue weighted by Gasteiger charge is -2.28. The quantitative estimate of drug-likeness (QED) is 0.817. The molecule has 2 unspecified atom stereocenters. The second-order valence-corrected chi connectivity index (χ2v) is 5.35. The third kappa shape index (κ3) is 3.72. The van der Waals surface area contributed by atoms with Crippen molar-refractivity contribution in [2.75, 3.05) is 13.7 Å². The summed E-state index contributed by atoms with van der Waals surface area (Å²) in [5.74, 6) is 0.992. The smallest absolute Gasteiger partial charge is 0.124 e. The molecule has 1 aromatic carbocycles. The van der Waals surface area contributed by atoms with Crippen molar-refractivity contribution >= 4 is 0 Å². The van der Waals surface area contributed by atoms with Gasteiger partial charge in [-0.25, -0.2) is 0 Å². The topological polar surface area (TPSA) is 41.5 Å². The summed E-state index contributed by atoms with van der Waals surface area (Å²) >= 11 is 0. The zero-order chi connectivity index (χ0) is 13.8. The van der Waals surface area contributed by atoms with E-state index in [1.165, 1.54) is 0 Å². The zero-order valence-corrected chi connectivity index (χ0v) is 12.0. The largest absolute Gasteiger partial charge is 0.490 e. The number of hydrogen-bond acceptors (Lipinski definition) is 3. The highest BCUT2D eigenvalue weighted by atomic mass is 16.5. The van der Waals surface area contributed by atoms with Gasteiger partial charge in [0.25, 0.3) is 0 Å². The molecule has 0 amide bonds. The van der Waals surface area contributed by atoms with Crippen LogP contribution in [-0.4, -0.2) is 24.4 Å². The van der Waals surface area contributed by atoms with Gasteiger partial charge in [-0.05, 0) is 32.9 Å². The van der Waals surface area contributed by atoms with Gasteiger partial charge in [0.05, 0.1) is 5.60 Å². The Hall–Kier alpha value is -1.06. The maximum absolute atomic E-state index is 10.2. The molecule has 1 rings (SSSR count). The molecule has 1 aromatic rings. The summed E-state index contributed by atoms with van der Waals surface area (Å²) in [6, 6.07) is 8.16. The van der Waals surface area contributed by atoms with Crippen LogP contribution in [0, 0.1) is 5.92 Å². The van der Waals surface area contributed by atoms with E-state index in [-0.39, 0.29) is 12.0 Å². The Labute approximate surface area is 110 Å². The van der Waals surface area contributed by atoms with Crippen LogP contribution in [0.2, 0.25) is 0 Å². The zero-order valence-electron chi connectivity index (χ0n) is 12.0. The van der Waals surface area contributed by atoms with Crippen molar-refractivity contribution in [3.05, 3.63) is 29.8 Å². The molecule has 0 aliphatic carbocycles. The Morgan fingerprint density at radius 3 is 2.44 bits per heavy atom. The third-order valence-corrected chi connectivity index (χ3v) is 3.58. The number of nitrogens with one attached hydrogen (secondary N) is 1. The van der Waals surface area contributed by atoms with Gasteiger partial charge in [0.15, 0.2) is 0 Å². The number of aliphatic hydroxyl groups is 1. The van der Waals surface area contributed by atoms with E-state index in [0.29, 0.717) is 6.61 Å². The molecule has 0 aliphatic heterocycles. The molecule has 2 atom stereocenters. The summed E-state index contributed by atoms with van der Waals surface area (Å²) in [7, 11) is 1.92. The minimum Gasteiger partial charge on any atom is -0.490 e. The molecular formula is C15H25NO2. The molecule has 0 bridgehead atoms. The van der Waals surface area contributed by atoms with Gasteiger partial charge in [-0.1, -0.05) is 32.0 Å². The Balaban J connectivity index is 2.79. The van der Waals surface area contributed by atoms with Crippen LogP contribution in [0.25, 0.3) is 0 Å². The maximum atomic E-state index is 10.2. The third-order valence-electron chi connectivity index (χ3n) is 3.58. The van der Waals surface area contributed by atoms with Crippen molar-refractivity contribution in [1.82, 2.24) is 5.32 Å². The van der Waals surface area contributed by atoms with Crippen LogP contribution < -0.4 is 10.1 Å². The summed E-state index contributed by atoms with van der Waals surface area (Å²) in [5.41, 5.74) is 0.301. The summed E-state index contributed by atoms with van der Waals surface area (Å²) < 4.78 is 5.80. The minimum atomic E-state index is -0.810. The van der Waals surface area contributed by atoms with Crippen molar-refractivity contribution in [1.29, 1.82) is 0 Å². The van der Waals surface area contributed by atoms with Gasteiger partial charge in [-0.3, -0.25) is 0 Å². The van der Waals surface area contributed by atoms with Gasteiger partial charge in [0, 0.05) is 11.6 Å². The first-order valence-electron chi connectivity index (χ1n) is 6.50. The van der Waals surface area contributed by atoms with Crippen LogP contribution in [-0.2, 0) is 0 Å². The number of hydrogen-bond donors (Lipinski definition) is 2. The van der Waals surface area contributed by atoms with Crippen LogP contribution in [0.5, 0.6) is 5.75 Å². The molecule has 3 heteroatoms. The molecule has 2 N–H and O–H groups in total. The van der Waals surface area contributed by atoms with E-state index in [1.807, 2.05) is 52.1 Å². The van der Waals surface area contributed by atoms with Crippen LogP contribution in [0.1, 0.15) is 39.3 Å². The Bertz CT molecular complexity index is 375. The molecule has 0 saturated heterocycles. The van der Waals surface area contributed by atoms with Crippen LogP contribution >= 0.6 is 0 Å². The summed E-state index contributed by atoms with van der Waals surface area (Å²) in [6.45, 7) is 8.18. The van der Waals surface area contributed by atoms with E-state index in [1.54, 1.807) is 0 Å². The molecule has 0 saturated carbocycles. The molecule has 0 heterocycles. The molecule has 0 aliphatic rings. The standard InChI is InChI=1S/C15H25NO2/c1-11(2)15(4,17)10-18-14-9-7-6-8-13(14)12(3)16-5/h6-9,11-12,16-17H,10H2,1-5H3. The number of benzene rings is 1. The maximum Gasteiger partial charge on any atom is 0.124 e. The molecule has 18 heavy (non-hydrogen) atoms. The predicted octanol–water partition coefficient (Wildman–Crippen LogP) is 2.75. The average molecular weight is 251 g/mol. The Kier molecular flexibility index (Phi) is 5.17. The first-order valence-corrected chi connectivity index (χ1v) is 6.50. The molecule has 0 spiro atoms. The summed E-state index contributed by atoms with van der Waals surface area (Å²) in [6.07, 6.45) is 0. The number of ether oxygens (including phenoxy) is 1. The highest BCUT2D eigenvalue weighted by molar-refractivity contribution is 5.35. The summed E-state index contributed by atoms with van der Waals surface area (Å²) in [4.78, 5) is 0. The van der Waals surface area contributed by atoms with Crippen molar-refractivity contribution in [2.45, 2.75) is 39.3 Å². The minimum absolute atomic E-state index is 0.159. The first-order chi connectivity index (χ1) is 8.38. The molecular weight excluding hydrogens is 226 g/mol. The Morgan fingerprint density at radius 1 is 1.28 bits per heavy atom. The van der Waals surface area contributed by atoms with E-state index < -0.39 is 5.60 Å². The van der Waals surface area contributed by atoms with E-state index in [9.17, 15) is 5.11 Å². The lowest BCUT2D eigenvalue weighted by molar-refractivity contribution is -0.0269. The fourth-order valence-electron chi connectivity index (χ4n) is 1.52. The van der Waals surface area contributed by atoms with E-state index in [4.69, 9.17) is 4.74 Å². The van der Waals surface area contributed by atoms with E-state index >= 15 is 0 Å². The first kappa shape index (κ1) is 15.0. The monoisotopic (exact) mass is 251 g/mol. The lowest BCUT2D eigenvalue weighted by Crippen LogP contribution is -2.38. The van der Waals surface area contributed by atoms with Crippen molar-refractivity contribution in [3.8, 4) is 5.75 Å². The van der Waals surface area contributed by atoms with Crippen LogP contribution in [0.4, 0.5) is 0 Å². The summed E-state index contributed by atoms with van der Waals surface area (Å²) in [5, 5.41) is 13.4. The highest BCUT2D eigenvalue weighted by Gasteiger charge is 2.26. The second-order valence-electron chi connectivity index (χ2n) is 5.35. The molecule has 3 nitrogen and oxygen atoms in total. The fraction of sp³-hybridized carbons (Fsp3) is 0.600. The number of rotatable bonds is 6. The van der Waals surface area contributed by atoms with Gasteiger partial charge >= 0.3 is 0 Å². The van der Waals surface area contributed by atoms with Crippen LogP contribution in [0.15, 0.2) is 24.3 Å². The second kappa shape index (κ2) is 6.21. The molecule has 0 radical (unpaired) electrons. The normalized spacial score (nSPS) is 16.4. The van der Waals surface area contributed by atoms with Crippen molar-refractivity contribution in [2.24, 2.45) is 5.92 Å². The van der Waals surface area contributed by atoms with Crippen LogP contribution in [0.3, 0.4) is 0 Å². The molecule has 102 valence electrons. The average Bonchev–Trinajstić information content (AvgIpc) is 2.35. The number of para-hydroxylation sites is 1. The van der Waals surface area contributed by atoms with Crippen molar-refractivity contribution < 1.29 is 9.84 Å². The van der Waals surface area contributed by atoms with Crippen molar-refractivity contribution in [3.63, 3.8) is 0 Å². The molecule has 0 fully saturated rings. The van der Waals surface area contributed by atoms with Gasteiger partial charge < -0.3 is 15.2 Å². The Morgan fingerprint density at radius 2 is 1.89 bits per heavy atom. The predicted molar refractivity (Wildman–Crippen MR) is 74.9 cm³/mol. The van der Waals surface area contributed by atoms with Gasteiger partial charge in [-0.2, -0.15) is 0 Å². The fourth-order valence-corrected chi connectivity index (χ4v) is 1.52. The van der Waals surface area contributed by atoms with Gasteiger partial charge in [0.1, 0.15) is 12.4 Å². The van der Waals surface area contributed by atoms with E-state index in [0.717, 1.165) is 11.3 Å². The SMILES string of the molecule is CNC(C)c1ccccc1OCC(C)(O)C(C)C. The highest BCUT2D eigenvalue weighted by Crippen LogP contribution is 2.26. The van der Waals surface area contributed by atoms with Gasteiger partial charge in [0.2, 0.25) is 0 Å². The lowest BCUT2D eigenvalue weighted by atomic mass is 9.94. The van der Waals surface area contributed by atoms with E-state index in [2.05, 4.69) is 12.2 Å². The molecule has 0 aromatic heterocycles. The van der Waals surface area contributed by atoms with Gasteiger partial charge in [-0.15, -0.1) is 0 Å².